The molecule has 0 bridgehead atoms. The number of thiazole rings is 1. The predicted octanol–water partition coefficient (Wildman–Crippen LogP) is 3.62. The van der Waals surface area contributed by atoms with Gasteiger partial charge in [-0.2, -0.15) is 0 Å². The molecule has 1 atom stereocenters. The molecule has 1 unspecified atom stereocenters. The Hall–Kier alpha value is -1.21. The molecule has 132 valence electrons. The normalized spacial score (nSPS) is 16.4. The van der Waals surface area contributed by atoms with E-state index in [1.165, 1.54) is 17.4 Å². The number of carbonyl (C=O) groups is 1. The van der Waals surface area contributed by atoms with Crippen molar-refractivity contribution in [3.63, 3.8) is 0 Å². The monoisotopic (exact) mass is 391 g/mol. The highest BCUT2D eigenvalue weighted by molar-refractivity contribution is 7.13. The van der Waals surface area contributed by atoms with Gasteiger partial charge in [0.05, 0.1) is 0 Å². The zero-order valence-corrected chi connectivity index (χ0v) is 15.6. The molecule has 1 N–H and O–H groups in total. The van der Waals surface area contributed by atoms with Crippen molar-refractivity contribution >= 4 is 42.1 Å². The van der Waals surface area contributed by atoms with Crippen molar-refractivity contribution in [2.45, 2.75) is 18.9 Å². The zero-order valence-electron chi connectivity index (χ0n) is 13.2. The van der Waals surface area contributed by atoms with E-state index >= 15 is 0 Å². The Balaban J connectivity index is 0.00000144. The van der Waals surface area contributed by atoms with Crippen LogP contribution in [0.15, 0.2) is 29.6 Å². The molecule has 1 aliphatic rings. The first-order valence-corrected chi connectivity index (χ1v) is 8.24. The van der Waals surface area contributed by atoms with Gasteiger partial charge in [-0.05, 0) is 32.0 Å². The average molecular weight is 392 g/mol. The van der Waals surface area contributed by atoms with Crippen LogP contribution in [0, 0.1) is 5.82 Å². The summed E-state index contributed by atoms with van der Waals surface area (Å²) in [6.45, 7) is 1.55. The lowest BCUT2D eigenvalue weighted by atomic mass is 10.2. The molecule has 2 heterocycles. The first-order valence-electron chi connectivity index (χ1n) is 7.36. The highest BCUT2D eigenvalue weighted by atomic mass is 35.5. The van der Waals surface area contributed by atoms with Crippen molar-refractivity contribution in [1.82, 2.24) is 15.2 Å². The molecule has 24 heavy (non-hydrogen) atoms. The Bertz CT molecular complexity index is 683. The summed E-state index contributed by atoms with van der Waals surface area (Å²) in [5.74, 6) is -0.373. The SMILES string of the molecule is CNCC1CCCN1C(=O)c1csc(-c2ccccc2F)n1.Cl.Cl. The second kappa shape index (κ2) is 9.32. The summed E-state index contributed by atoms with van der Waals surface area (Å²) in [7, 11) is 1.89. The van der Waals surface area contributed by atoms with Crippen LogP contribution in [0.2, 0.25) is 0 Å². The number of hydrogen-bond donors (Lipinski definition) is 1. The van der Waals surface area contributed by atoms with Crippen molar-refractivity contribution in [2.75, 3.05) is 20.1 Å². The molecule has 0 radical (unpaired) electrons. The second-order valence-corrected chi connectivity index (χ2v) is 6.23. The third-order valence-electron chi connectivity index (χ3n) is 3.91. The van der Waals surface area contributed by atoms with Gasteiger partial charge in [0.15, 0.2) is 0 Å². The average Bonchev–Trinajstić information content (AvgIpc) is 3.17. The van der Waals surface area contributed by atoms with Crippen LogP contribution in [-0.4, -0.2) is 42.0 Å². The lowest BCUT2D eigenvalue weighted by Crippen LogP contribution is -2.40. The summed E-state index contributed by atoms with van der Waals surface area (Å²) in [5.41, 5.74) is 0.853. The van der Waals surface area contributed by atoms with Gasteiger partial charge in [0, 0.05) is 30.1 Å². The number of benzene rings is 1. The Morgan fingerprint density at radius 2 is 2.17 bits per heavy atom. The maximum Gasteiger partial charge on any atom is 0.273 e. The third-order valence-corrected chi connectivity index (χ3v) is 4.78. The minimum absolute atomic E-state index is 0. The van der Waals surface area contributed by atoms with Gasteiger partial charge in [0.25, 0.3) is 5.91 Å². The van der Waals surface area contributed by atoms with Crippen molar-refractivity contribution in [3.05, 3.63) is 41.2 Å². The molecule has 2 aromatic rings. The fourth-order valence-corrected chi connectivity index (χ4v) is 3.65. The van der Waals surface area contributed by atoms with Crippen LogP contribution in [0.4, 0.5) is 4.39 Å². The van der Waals surface area contributed by atoms with E-state index in [1.54, 1.807) is 23.6 Å². The Labute approximate surface area is 157 Å². The van der Waals surface area contributed by atoms with Gasteiger partial charge in [-0.3, -0.25) is 4.79 Å². The number of nitrogens with one attached hydrogen (secondary N) is 1. The molecule has 1 saturated heterocycles. The Morgan fingerprint density at radius 3 is 2.88 bits per heavy atom. The van der Waals surface area contributed by atoms with E-state index in [0.29, 0.717) is 16.3 Å². The molecule has 0 saturated carbocycles. The molecule has 8 heteroatoms. The van der Waals surface area contributed by atoms with Crippen LogP contribution in [-0.2, 0) is 0 Å². The van der Waals surface area contributed by atoms with Crippen LogP contribution < -0.4 is 5.32 Å². The highest BCUT2D eigenvalue weighted by Crippen LogP contribution is 2.27. The number of amides is 1. The molecule has 4 nitrogen and oxygen atoms in total. The number of hydrogen-bond acceptors (Lipinski definition) is 4. The van der Waals surface area contributed by atoms with Crippen LogP contribution in [0.25, 0.3) is 10.6 Å². The van der Waals surface area contributed by atoms with E-state index < -0.39 is 0 Å². The van der Waals surface area contributed by atoms with Gasteiger partial charge < -0.3 is 10.2 Å². The highest BCUT2D eigenvalue weighted by Gasteiger charge is 2.30. The van der Waals surface area contributed by atoms with Crippen molar-refractivity contribution in [2.24, 2.45) is 0 Å². The van der Waals surface area contributed by atoms with E-state index in [2.05, 4.69) is 10.3 Å². The molecule has 0 spiro atoms. The van der Waals surface area contributed by atoms with Crippen LogP contribution >= 0.6 is 36.2 Å². The maximum absolute atomic E-state index is 13.8. The number of carbonyl (C=O) groups excluding carboxylic acids is 1. The van der Waals surface area contributed by atoms with Crippen molar-refractivity contribution < 1.29 is 9.18 Å². The fraction of sp³-hybridized carbons (Fsp3) is 0.375. The molecule has 0 aliphatic carbocycles. The molecule has 1 fully saturated rings. The number of aromatic nitrogens is 1. The van der Waals surface area contributed by atoms with E-state index in [4.69, 9.17) is 0 Å². The Kier molecular flexibility index (Phi) is 8.09. The first-order chi connectivity index (χ1) is 10.7. The summed E-state index contributed by atoms with van der Waals surface area (Å²) < 4.78 is 13.8. The molecular formula is C16H20Cl2FN3OS. The van der Waals surface area contributed by atoms with Gasteiger partial charge in [-0.25, -0.2) is 9.37 Å². The number of nitrogens with zero attached hydrogens (tertiary/aromatic N) is 2. The molecule has 1 aromatic heterocycles. The van der Waals surface area contributed by atoms with Crippen molar-refractivity contribution in [1.29, 1.82) is 0 Å². The summed E-state index contributed by atoms with van der Waals surface area (Å²) >= 11 is 1.30. The molecule has 3 rings (SSSR count). The quantitative estimate of drug-likeness (QED) is 0.865. The fourth-order valence-electron chi connectivity index (χ4n) is 2.83. The van der Waals surface area contributed by atoms with E-state index in [-0.39, 0.29) is 42.6 Å². The number of likely N-dealkylation sites (tertiary alicyclic amines) is 1. The van der Waals surface area contributed by atoms with Crippen LogP contribution in [0.3, 0.4) is 0 Å². The Morgan fingerprint density at radius 1 is 1.42 bits per heavy atom. The predicted molar refractivity (Wildman–Crippen MR) is 100.0 cm³/mol. The van der Waals surface area contributed by atoms with E-state index in [1.807, 2.05) is 11.9 Å². The van der Waals surface area contributed by atoms with Gasteiger partial charge in [-0.15, -0.1) is 36.2 Å². The second-order valence-electron chi connectivity index (χ2n) is 5.37. The van der Waals surface area contributed by atoms with Gasteiger partial charge in [0.2, 0.25) is 0 Å². The first kappa shape index (κ1) is 20.8. The van der Waals surface area contributed by atoms with Gasteiger partial charge in [0.1, 0.15) is 16.5 Å². The van der Waals surface area contributed by atoms with E-state index in [9.17, 15) is 9.18 Å². The van der Waals surface area contributed by atoms with E-state index in [0.717, 1.165) is 25.9 Å². The maximum atomic E-state index is 13.8. The van der Waals surface area contributed by atoms with Gasteiger partial charge in [-0.1, -0.05) is 12.1 Å². The zero-order chi connectivity index (χ0) is 15.5. The van der Waals surface area contributed by atoms with Crippen LogP contribution in [0.1, 0.15) is 23.3 Å². The lowest BCUT2D eigenvalue weighted by Gasteiger charge is -2.23. The number of halogens is 3. The van der Waals surface area contributed by atoms with Gasteiger partial charge >= 0.3 is 0 Å². The molecular weight excluding hydrogens is 372 g/mol. The van der Waals surface area contributed by atoms with Crippen molar-refractivity contribution in [3.8, 4) is 10.6 Å². The molecule has 1 aromatic carbocycles. The standard InChI is InChI=1S/C16H18FN3OS.2ClH/c1-18-9-11-5-4-8-20(11)16(21)14-10-22-15(19-14)12-6-2-3-7-13(12)17;;/h2-3,6-7,10-11,18H,4-5,8-9H2,1H3;2*1H. The topological polar surface area (TPSA) is 45.2 Å². The number of rotatable bonds is 4. The third kappa shape index (κ3) is 4.25. The lowest BCUT2D eigenvalue weighted by molar-refractivity contribution is 0.0732. The van der Waals surface area contributed by atoms with Crippen LogP contribution in [0.5, 0.6) is 0 Å². The molecule has 1 aliphatic heterocycles. The summed E-state index contributed by atoms with van der Waals surface area (Å²) in [6, 6.07) is 6.72. The largest absolute Gasteiger partial charge is 0.333 e. The smallest absolute Gasteiger partial charge is 0.273 e. The molecule has 1 amide bonds. The minimum Gasteiger partial charge on any atom is -0.333 e. The summed E-state index contributed by atoms with van der Waals surface area (Å²) in [6.07, 6.45) is 2.03. The number of likely N-dealkylation sites (N-methyl/N-ethyl adjacent to an activating group) is 1. The summed E-state index contributed by atoms with van der Waals surface area (Å²) in [5, 5.41) is 5.39. The minimum atomic E-state index is -0.315. The summed E-state index contributed by atoms with van der Waals surface area (Å²) in [4.78, 5) is 18.8.